The van der Waals surface area contributed by atoms with E-state index in [2.05, 4.69) is 24.1 Å². The smallest absolute Gasteiger partial charge is 0.262 e. The molecule has 0 fully saturated rings. The third kappa shape index (κ3) is 3.74. The lowest BCUT2D eigenvalue weighted by molar-refractivity contribution is -0.122. The van der Waals surface area contributed by atoms with Gasteiger partial charge in [-0.05, 0) is 42.7 Å². The van der Waals surface area contributed by atoms with Crippen LogP contribution in [0.15, 0.2) is 41.5 Å². The standard InChI is InChI=1S/C22H25N3O2S/c1-14(2)11-17(15-7-4-3-5-8-15)24-19(26)12-25-13-23-21-20(22(25)27)16-9-6-10-18(16)28-21/h3-5,7-8,13-14,17H,6,9-12H2,1-2H3,(H,24,26)/t17-/m0/s1. The van der Waals surface area contributed by atoms with Crippen molar-refractivity contribution in [3.63, 3.8) is 0 Å². The van der Waals surface area contributed by atoms with Crippen molar-refractivity contribution < 1.29 is 4.79 Å². The Bertz CT molecular complexity index is 1050. The molecule has 2 aromatic heterocycles. The zero-order valence-corrected chi connectivity index (χ0v) is 17.1. The molecular formula is C22H25N3O2S. The second-order valence-corrected chi connectivity index (χ2v) is 8.96. The fraction of sp³-hybridized carbons (Fsp3) is 0.409. The summed E-state index contributed by atoms with van der Waals surface area (Å²) in [7, 11) is 0. The lowest BCUT2D eigenvalue weighted by Gasteiger charge is -2.21. The maximum Gasteiger partial charge on any atom is 0.262 e. The summed E-state index contributed by atoms with van der Waals surface area (Å²) in [6, 6.07) is 9.93. The molecule has 1 atom stereocenters. The van der Waals surface area contributed by atoms with Crippen LogP contribution in [0.2, 0.25) is 0 Å². The minimum Gasteiger partial charge on any atom is -0.348 e. The number of aryl methyl sites for hydroxylation is 2. The van der Waals surface area contributed by atoms with E-state index in [0.29, 0.717) is 5.92 Å². The predicted octanol–water partition coefficient (Wildman–Crippen LogP) is 3.85. The van der Waals surface area contributed by atoms with Crippen LogP contribution in [0, 0.1) is 5.92 Å². The van der Waals surface area contributed by atoms with Gasteiger partial charge < -0.3 is 5.32 Å². The summed E-state index contributed by atoms with van der Waals surface area (Å²) in [4.78, 5) is 32.2. The zero-order chi connectivity index (χ0) is 19.7. The van der Waals surface area contributed by atoms with E-state index in [1.807, 2.05) is 30.3 Å². The molecule has 3 aromatic rings. The average Bonchev–Trinajstić information content (AvgIpc) is 3.25. The lowest BCUT2D eigenvalue weighted by atomic mass is 9.97. The number of hydrogen-bond donors (Lipinski definition) is 1. The highest BCUT2D eigenvalue weighted by atomic mass is 32.1. The van der Waals surface area contributed by atoms with Gasteiger partial charge in [0.05, 0.1) is 17.8 Å². The van der Waals surface area contributed by atoms with Crippen molar-refractivity contribution in [1.29, 1.82) is 0 Å². The Hall–Kier alpha value is -2.47. The largest absolute Gasteiger partial charge is 0.348 e. The second kappa shape index (κ2) is 7.87. The molecule has 0 bridgehead atoms. The SMILES string of the molecule is CC(C)C[C@H](NC(=O)Cn1cnc2sc3c(c2c1=O)CCC3)c1ccccc1. The molecular weight excluding hydrogens is 370 g/mol. The number of rotatable bonds is 6. The summed E-state index contributed by atoms with van der Waals surface area (Å²) in [5, 5.41) is 3.83. The van der Waals surface area contributed by atoms with Crippen molar-refractivity contribution >= 4 is 27.5 Å². The number of nitrogens with one attached hydrogen (secondary N) is 1. The van der Waals surface area contributed by atoms with Crippen LogP contribution in [0.1, 0.15) is 48.7 Å². The van der Waals surface area contributed by atoms with Crippen molar-refractivity contribution in [1.82, 2.24) is 14.9 Å². The van der Waals surface area contributed by atoms with Gasteiger partial charge in [0, 0.05) is 4.88 Å². The zero-order valence-electron chi connectivity index (χ0n) is 16.3. The quantitative estimate of drug-likeness (QED) is 0.689. The topological polar surface area (TPSA) is 64.0 Å². The first-order chi connectivity index (χ1) is 13.5. The summed E-state index contributed by atoms with van der Waals surface area (Å²) in [6.45, 7) is 4.27. The third-order valence-corrected chi connectivity index (χ3v) is 6.45. The van der Waals surface area contributed by atoms with E-state index in [1.165, 1.54) is 15.8 Å². The Balaban J connectivity index is 1.56. The first-order valence-corrected chi connectivity index (χ1v) is 10.7. The monoisotopic (exact) mass is 395 g/mol. The highest BCUT2D eigenvalue weighted by Gasteiger charge is 2.22. The fourth-order valence-corrected chi connectivity index (χ4v) is 5.18. The summed E-state index contributed by atoms with van der Waals surface area (Å²) < 4.78 is 1.44. The number of fused-ring (bicyclic) bond motifs is 3. The Labute approximate surface area is 168 Å². The number of hydrogen-bond acceptors (Lipinski definition) is 4. The third-order valence-electron chi connectivity index (χ3n) is 5.25. The Kier molecular flexibility index (Phi) is 5.31. The van der Waals surface area contributed by atoms with Gasteiger partial charge in [-0.2, -0.15) is 0 Å². The molecule has 0 saturated heterocycles. The van der Waals surface area contributed by atoms with Crippen molar-refractivity contribution in [3.05, 3.63) is 63.0 Å². The lowest BCUT2D eigenvalue weighted by Crippen LogP contribution is -2.35. The van der Waals surface area contributed by atoms with Gasteiger partial charge in [-0.25, -0.2) is 4.98 Å². The highest BCUT2D eigenvalue weighted by Crippen LogP contribution is 2.34. The van der Waals surface area contributed by atoms with Gasteiger partial charge in [0.1, 0.15) is 11.4 Å². The van der Waals surface area contributed by atoms with Gasteiger partial charge in [0.2, 0.25) is 5.91 Å². The molecule has 2 heterocycles. The van der Waals surface area contributed by atoms with E-state index in [4.69, 9.17) is 0 Å². The summed E-state index contributed by atoms with van der Waals surface area (Å²) in [5.74, 6) is 0.282. The average molecular weight is 396 g/mol. The van der Waals surface area contributed by atoms with Gasteiger partial charge in [-0.3, -0.25) is 14.2 Å². The van der Waals surface area contributed by atoms with Gasteiger partial charge in [0.15, 0.2) is 0 Å². The number of benzene rings is 1. The molecule has 0 unspecified atom stereocenters. The van der Waals surface area contributed by atoms with Crippen molar-refractivity contribution in [2.45, 2.75) is 52.1 Å². The number of thiophene rings is 1. The molecule has 6 heteroatoms. The van der Waals surface area contributed by atoms with Crippen LogP contribution < -0.4 is 10.9 Å². The predicted molar refractivity (Wildman–Crippen MR) is 113 cm³/mol. The molecule has 1 aliphatic rings. The first-order valence-electron chi connectivity index (χ1n) is 9.87. The van der Waals surface area contributed by atoms with E-state index in [1.54, 1.807) is 11.3 Å². The molecule has 28 heavy (non-hydrogen) atoms. The molecule has 1 aliphatic carbocycles. The van der Waals surface area contributed by atoms with Gasteiger partial charge >= 0.3 is 0 Å². The Morgan fingerprint density at radius 3 is 2.79 bits per heavy atom. The molecule has 0 aliphatic heterocycles. The Morgan fingerprint density at radius 2 is 2.04 bits per heavy atom. The van der Waals surface area contributed by atoms with Crippen LogP contribution in [-0.4, -0.2) is 15.5 Å². The maximum atomic E-state index is 13.0. The molecule has 5 nitrogen and oxygen atoms in total. The van der Waals surface area contributed by atoms with Crippen molar-refractivity contribution in [2.75, 3.05) is 0 Å². The highest BCUT2D eigenvalue weighted by molar-refractivity contribution is 7.18. The second-order valence-electron chi connectivity index (χ2n) is 7.88. The molecule has 146 valence electrons. The van der Waals surface area contributed by atoms with Crippen LogP contribution in [0.4, 0.5) is 0 Å². The normalized spacial score (nSPS) is 14.4. The number of carbonyl (C=O) groups excluding carboxylic acids is 1. The van der Waals surface area contributed by atoms with E-state index in [-0.39, 0.29) is 24.1 Å². The van der Waals surface area contributed by atoms with E-state index in [0.717, 1.165) is 47.0 Å². The molecule has 0 spiro atoms. The van der Waals surface area contributed by atoms with Gasteiger partial charge in [-0.15, -0.1) is 11.3 Å². The minimum atomic E-state index is -0.162. The molecule has 0 radical (unpaired) electrons. The van der Waals surface area contributed by atoms with Gasteiger partial charge in [-0.1, -0.05) is 44.2 Å². The summed E-state index contributed by atoms with van der Waals surface area (Å²) >= 11 is 1.62. The van der Waals surface area contributed by atoms with Crippen LogP contribution in [0.5, 0.6) is 0 Å². The van der Waals surface area contributed by atoms with Crippen LogP contribution in [0.3, 0.4) is 0 Å². The van der Waals surface area contributed by atoms with E-state index >= 15 is 0 Å². The van der Waals surface area contributed by atoms with E-state index in [9.17, 15) is 9.59 Å². The fourth-order valence-electron chi connectivity index (χ4n) is 3.96. The molecule has 1 aromatic carbocycles. The summed E-state index contributed by atoms with van der Waals surface area (Å²) in [6.07, 6.45) is 5.42. The molecule has 4 rings (SSSR count). The number of aromatic nitrogens is 2. The van der Waals surface area contributed by atoms with Gasteiger partial charge in [0.25, 0.3) is 5.56 Å². The maximum absolute atomic E-state index is 13.0. The Morgan fingerprint density at radius 1 is 1.25 bits per heavy atom. The minimum absolute atomic E-state index is 0.00613. The van der Waals surface area contributed by atoms with Crippen molar-refractivity contribution in [2.24, 2.45) is 5.92 Å². The van der Waals surface area contributed by atoms with Crippen LogP contribution in [0.25, 0.3) is 10.2 Å². The van der Waals surface area contributed by atoms with E-state index < -0.39 is 0 Å². The summed E-state index contributed by atoms with van der Waals surface area (Å²) in [5.41, 5.74) is 2.13. The number of amides is 1. The molecule has 1 amide bonds. The van der Waals surface area contributed by atoms with Crippen molar-refractivity contribution in [3.8, 4) is 0 Å². The first kappa shape index (κ1) is 18.9. The van der Waals surface area contributed by atoms with Crippen LogP contribution >= 0.6 is 11.3 Å². The number of carbonyl (C=O) groups is 1. The molecule has 1 N–H and O–H groups in total. The molecule has 0 saturated carbocycles. The van der Waals surface area contributed by atoms with Crippen LogP contribution in [-0.2, 0) is 24.2 Å². The number of nitrogens with zero attached hydrogens (tertiary/aromatic N) is 2.